The van der Waals surface area contributed by atoms with Gasteiger partial charge in [-0.2, -0.15) is 5.26 Å². The number of para-hydroxylation sites is 2. The molecule has 6 nitrogen and oxygen atoms in total. The van der Waals surface area contributed by atoms with Crippen LogP contribution in [0.15, 0.2) is 54.9 Å². The van der Waals surface area contributed by atoms with Crippen molar-refractivity contribution >= 4 is 27.8 Å². The van der Waals surface area contributed by atoms with Crippen LogP contribution in [0, 0.1) is 11.3 Å². The molecule has 27 heavy (non-hydrogen) atoms. The van der Waals surface area contributed by atoms with Gasteiger partial charge in [-0.05, 0) is 24.6 Å². The first-order valence-electron chi connectivity index (χ1n) is 8.85. The lowest BCUT2D eigenvalue weighted by Crippen LogP contribution is -2.16. The Labute approximate surface area is 156 Å². The fourth-order valence-corrected chi connectivity index (χ4v) is 3.31. The second-order valence-electron chi connectivity index (χ2n) is 6.34. The molecule has 0 spiro atoms. The van der Waals surface area contributed by atoms with Crippen molar-refractivity contribution in [2.75, 3.05) is 12.3 Å². The molecule has 0 bridgehead atoms. The van der Waals surface area contributed by atoms with Crippen LogP contribution in [0.4, 0.5) is 5.82 Å². The van der Waals surface area contributed by atoms with Crippen molar-refractivity contribution in [1.29, 1.82) is 5.26 Å². The molecule has 1 unspecified atom stereocenters. The van der Waals surface area contributed by atoms with E-state index in [1.54, 1.807) is 12.4 Å². The van der Waals surface area contributed by atoms with Crippen molar-refractivity contribution in [3.05, 3.63) is 60.4 Å². The number of nitriles is 1. The molecule has 2 aromatic carbocycles. The van der Waals surface area contributed by atoms with Crippen molar-refractivity contribution < 1.29 is 4.74 Å². The van der Waals surface area contributed by atoms with E-state index < -0.39 is 0 Å². The van der Waals surface area contributed by atoms with E-state index in [0.717, 1.165) is 22.8 Å². The summed E-state index contributed by atoms with van der Waals surface area (Å²) in [6.45, 7) is 2.53. The molecule has 0 aliphatic carbocycles. The van der Waals surface area contributed by atoms with Crippen molar-refractivity contribution in [2.24, 2.45) is 0 Å². The Hall–Kier alpha value is -3.59. The number of aromatic nitrogens is 3. The minimum atomic E-state index is 0.0481. The molecule has 0 saturated heterocycles. The van der Waals surface area contributed by atoms with Gasteiger partial charge in [-0.3, -0.25) is 0 Å². The third-order valence-electron chi connectivity index (χ3n) is 4.74. The maximum atomic E-state index is 9.25. The molecule has 2 aromatic heterocycles. The molecule has 1 atom stereocenters. The van der Waals surface area contributed by atoms with Crippen molar-refractivity contribution in [2.45, 2.75) is 19.4 Å². The summed E-state index contributed by atoms with van der Waals surface area (Å²) in [5.74, 6) is 1.02. The summed E-state index contributed by atoms with van der Waals surface area (Å²) in [5.41, 5.74) is 9.16. The Morgan fingerprint density at radius 3 is 2.78 bits per heavy atom. The Morgan fingerprint density at radius 2 is 1.96 bits per heavy atom. The minimum Gasteiger partial charge on any atom is -0.490 e. The number of fused-ring (bicyclic) bond motifs is 3. The van der Waals surface area contributed by atoms with Gasteiger partial charge in [0.15, 0.2) is 5.82 Å². The van der Waals surface area contributed by atoms with Gasteiger partial charge in [-0.1, -0.05) is 37.3 Å². The van der Waals surface area contributed by atoms with Crippen molar-refractivity contribution in [1.82, 2.24) is 14.5 Å². The normalized spacial score (nSPS) is 12.1. The second kappa shape index (κ2) is 6.96. The molecule has 2 heterocycles. The quantitative estimate of drug-likeness (QED) is 0.581. The van der Waals surface area contributed by atoms with Gasteiger partial charge >= 0.3 is 0 Å². The lowest BCUT2D eigenvalue weighted by molar-refractivity contribution is 0.248. The Balaban J connectivity index is 1.75. The van der Waals surface area contributed by atoms with E-state index in [0.29, 0.717) is 29.3 Å². The zero-order chi connectivity index (χ0) is 18.8. The number of hydrogen-bond donors (Lipinski definition) is 1. The molecule has 0 fully saturated rings. The number of ether oxygens (including phenoxy) is 1. The number of hydrogen-bond acceptors (Lipinski definition) is 5. The molecule has 0 saturated carbocycles. The van der Waals surface area contributed by atoms with Gasteiger partial charge in [-0.25, -0.2) is 9.97 Å². The van der Waals surface area contributed by atoms with Crippen LogP contribution in [0.5, 0.6) is 5.75 Å². The van der Waals surface area contributed by atoms with E-state index in [2.05, 4.69) is 27.5 Å². The molecule has 0 aliphatic heterocycles. The van der Waals surface area contributed by atoms with Gasteiger partial charge in [0.25, 0.3) is 0 Å². The Bertz CT molecular complexity index is 1160. The fraction of sp³-hybridized carbons (Fsp3) is 0.190. The van der Waals surface area contributed by atoms with Crippen LogP contribution in [0.1, 0.15) is 24.9 Å². The van der Waals surface area contributed by atoms with Gasteiger partial charge in [0.1, 0.15) is 23.9 Å². The summed E-state index contributed by atoms with van der Waals surface area (Å²) in [4.78, 5) is 8.95. The SMILES string of the molecule is CCC(COc1ccccc1C#N)n1cnc2c(N)nc3ccccc3c21. The summed E-state index contributed by atoms with van der Waals surface area (Å²) in [6.07, 6.45) is 2.64. The summed E-state index contributed by atoms with van der Waals surface area (Å²) in [7, 11) is 0. The van der Waals surface area contributed by atoms with Crippen LogP contribution in [0.2, 0.25) is 0 Å². The number of nitrogens with zero attached hydrogens (tertiary/aromatic N) is 4. The molecular weight excluding hydrogens is 338 g/mol. The van der Waals surface area contributed by atoms with Gasteiger partial charge in [0, 0.05) is 5.39 Å². The average Bonchev–Trinajstić information content (AvgIpc) is 3.15. The first-order valence-corrected chi connectivity index (χ1v) is 8.85. The van der Waals surface area contributed by atoms with Gasteiger partial charge in [0.05, 0.1) is 29.0 Å². The molecule has 0 amide bonds. The predicted molar refractivity (Wildman–Crippen MR) is 105 cm³/mol. The van der Waals surface area contributed by atoms with E-state index in [1.807, 2.05) is 42.5 Å². The summed E-state index contributed by atoms with van der Waals surface area (Å²) < 4.78 is 8.08. The van der Waals surface area contributed by atoms with Gasteiger partial charge < -0.3 is 15.0 Å². The number of benzene rings is 2. The molecule has 4 aromatic rings. The van der Waals surface area contributed by atoms with Crippen LogP contribution in [-0.2, 0) is 0 Å². The number of anilines is 1. The number of rotatable bonds is 5. The molecule has 0 radical (unpaired) electrons. The molecular formula is C21H19N5O. The Morgan fingerprint density at radius 1 is 1.19 bits per heavy atom. The van der Waals surface area contributed by atoms with E-state index >= 15 is 0 Å². The van der Waals surface area contributed by atoms with Crippen LogP contribution >= 0.6 is 0 Å². The maximum absolute atomic E-state index is 9.25. The molecule has 4 rings (SSSR count). The minimum absolute atomic E-state index is 0.0481. The summed E-state index contributed by atoms with van der Waals surface area (Å²) in [5, 5.41) is 10.3. The molecule has 0 aliphatic rings. The van der Waals surface area contributed by atoms with Crippen LogP contribution < -0.4 is 10.5 Å². The van der Waals surface area contributed by atoms with Crippen LogP contribution in [0.3, 0.4) is 0 Å². The third-order valence-corrected chi connectivity index (χ3v) is 4.74. The first-order chi connectivity index (χ1) is 13.2. The van der Waals surface area contributed by atoms with Gasteiger partial charge in [-0.15, -0.1) is 0 Å². The van der Waals surface area contributed by atoms with E-state index in [9.17, 15) is 5.26 Å². The largest absolute Gasteiger partial charge is 0.490 e. The van der Waals surface area contributed by atoms with E-state index in [4.69, 9.17) is 10.5 Å². The zero-order valence-corrected chi connectivity index (χ0v) is 15.0. The highest BCUT2D eigenvalue weighted by atomic mass is 16.5. The number of imidazole rings is 1. The average molecular weight is 357 g/mol. The topological polar surface area (TPSA) is 89.8 Å². The Kier molecular flexibility index (Phi) is 4.35. The monoisotopic (exact) mass is 357 g/mol. The van der Waals surface area contributed by atoms with Crippen LogP contribution in [-0.4, -0.2) is 21.1 Å². The van der Waals surface area contributed by atoms with Gasteiger partial charge in [0.2, 0.25) is 0 Å². The molecule has 134 valence electrons. The highest BCUT2D eigenvalue weighted by Gasteiger charge is 2.18. The highest BCUT2D eigenvalue weighted by Crippen LogP contribution is 2.30. The lowest BCUT2D eigenvalue weighted by Gasteiger charge is -2.19. The molecule has 2 N–H and O–H groups in total. The highest BCUT2D eigenvalue weighted by molar-refractivity contribution is 6.06. The lowest BCUT2D eigenvalue weighted by atomic mass is 10.1. The van der Waals surface area contributed by atoms with E-state index in [-0.39, 0.29) is 6.04 Å². The number of pyridine rings is 1. The first kappa shape index (κ1) is 16.9. The fourth-order valence-electron chi connectivity index (χ4n) is 3.31. The molecule has 6 heteroatoms. The number of nitrogens with two attached hydrogens (primary N) is 1. The summed E-state index contributed by atoms with van der Waals surface area (Å²) >= 11 is 0. The standard InChI is InChI=1S/C21H19N5O/c1-2-15(12-27-18-10-6-3-7-14(18)11-22)26-13-24-19-20(26)16-8-4-5-9-17(16)25-21(19)23/h3-10,13,15H,2,12H2,1H3,(H2,23,25). The van der Waals surface area contributed by atoms with Crippen molar-refractivity contribution in [3.8, 4) is 11.8 Å². The van der Waals surface area contributed by atoms with Crippen LogP contribution in [0.25, 0.3) is 21.9 Å². The van der Waals surface area contributed by atoms with E-state index in [1.165, 1.54) is 0 Å². The number of nitrogen functional groups attached to an aromatic ring is 1. The third kappa shape index (κ3) is 2.93. The maximum Gasteiger partial charge on any atom is 0.152 e. The van der Waals surface area contributed by atoms with Crippen molar-refractivity contribution in [3.63, 3.8) is 0 Å². The zero-order valence-electron chi connectivity index (χ0n) is 15.0. The smallest absolute Gasteiger partial charge is 0.152 e. The second-order valence-corrected chi connectivity index (χ2v) is 6.34. The predicted octanol–water partition coefficient (Wildman–Crippen LogP) is 4.07. The summed E-state index contributed by atoms with van der Waals surface area (Å²) in [6, 6.07) is 17.4.